The van der Waals surface area contributed by atoms with Gasteiger partial charge in [-0.25, -0.2) is 0 Å². The van der Waals surface area contributed by atoms with E-state index >= 15 is 0 Å². The molecule has 2 amide bonds. The number of amides is 2. The first kappa shape index (κ1) is 23.7. The second kappa shape index (κ2) is 10.7. The van der Waals surface area contributed by atoms with Gasteiger partial charge in [0.15, 0.2) is 5.17 Å². The lowest BCUT2D eigenvalue weighted by Gasteiger charge is -2.06. The summed E-state index contributed by atoms with van der Waals surface area (Å²) in [4.78, 5) is 35.3. The number of carbonyl (C=O) groups excluding carboxylic acids is 2. The number of anilines is 1. The summed E-state index contributed by atoms with van der Waals surface area (Å²) >= 11 is 1.10. The zero-order valence-corrected chi connectivity index (χ0v) is 19.2. The minimum absolute atomic E-state index is 0.0175. The molecule has 0 spiro atoms. The summed E-state index contributed by atoms with van der Waals surface area (Å²) in [5.74, 6) is 0.323. The molecule has 0 aliphatic carbocycles. The summed E-state index contributed by atoms with van der Waals surface area (Å²) in [7, 11) is 1.43. The number of methoxy groups -OCH3 is 1. The molecule has 1 aliphatic rings. The SMILES string of the molecule is COc1ccc(-c2ccc(/C=N\N=C3\NC(=O)[C@@H](CC(=O)Nc4ccccc4)S3)o2)c([N+](=O)[O-])c1. The van der Waals surface area contributed by atoms with Gasteiger partial charge in [-0.3, -0.25) is 19.7 Å². The molecule has 0 bridgehead atoms. The van der Waals surface area contributed by atoms with Crippen molar-refractivity contribution in [2.24, 2.45) is 10.2 Å². The average molecular weight is 494 g/mol. The van der Waals surface area contributed by atoms with Crippen LogP contribution in [-0.4, -0.2) is 40.5 Å². The van der Waals surface area contributed by atoms with Crippen molar-refractivity contribution in [3.63, 3.8) is 0 Å². The number of thioether (sulfide) groups is 1. The van der Waals surface area contributed by atoms with Crippen molar-refractivity contribution in [3.8, 4) is 17.1 Å². The first-order valence-electron chi connectivity index (χ1n) is 10.3. The Morgan fingerprint density at radius 2 is 2.06 bits per heavy atom. The van der Waals surface area contributed by atoms with E-state index in [1.807, 2.05) is 6.07 Å². The molecule has 1 saturated heterocycles. The van der Waals surface area contributed by atoms with Gasteiger partial charge in [0, 0.05) is 12.1 Å². The molecule has 0 unspecified atom stereocenters. The highest BCUT2D eigenvalue weighted by molar-refractivity contribution is 8.15. The van der Waals surface area contributed by atoms with E-state index in [0.717, 1.165) is 11.8 Å². The summed E-state index contributed by atoms with van der Waals surface area (Å²) in [5.41, 5.74) is 0.782. The van der Waals surface area contributed by atoms with Crippen LogP contribution < -0.4 is 15.4 Å². The third-order valence-electron chi connectivity index (χ3n) is 4.83. The molecule has 1 aliphatic heterocycles. The predicted octanol–water partition coefficient (Wildman–Crippen LogP) is 3.81. The Bertz CT molecular complexity index is 1320. The van der Waals surface area contributed by atoms with Crippen LogP contribution in [0.2, 0.25) is 0 Å². The second-order valence-electron chi connectivity index (χ2n) is 7.21. The third-order valence-corrected chi connectivity index (χ3v) is 5.90. The topological polar surface area (TPSA) is 148 Å². The molecule has 2 heterocycles. The summed E-state index contributed by atoms with van der Waals surface area (Å²) in [6.45, 7) is 0. The first-order chi connectivity index (χ1) is 16.9. The maximum absolute atomic E-state index is 12.2. The van der Waals surface area contributed by atoms with Crippen molar-refractivity contribution in [1.29, 1.82) is 0 Å². The number of benzene rings is 2. The van der Waals surface area contributed by atoms with Gasteiger partial charge >= 0.3 is 0 Å². The number of furan rings is 1. The van der Waals surface area contributed by atoms with Gasteiger partial charge in [0.2, 0.25) is 11.8 Å². The van der Waals surface area contributed by atoms with E-state index in [1.54, 1.807) is 42.5 Å². The van der Waals surface area contributed by atoms with Crippen LogP contribution in [0.5, 0.6) is 5.75 Å². The number of nitrogens with one attached hydrogen (secondary N) is 2. The summed E-state index contributed by atoms with van der Waals surface area (Å²) in [6, 6.07) is 16.6. The number of nitro benzene ring substituents is 1. The summed E-state index contributed by atoms with van der Waals surface area (Å²) in [6.07, 6.45) is 1.30. The van der Waals surface area contributed by atoms with Gasteiger partial charge in [-0.1, -0.05) is 30.0 Å². The number of nitrogens with zero attached hydrogens (tertiary/aromatic N) is 3. The van der Waals surface area contributed by atoms with Crippen LogP contribution in [0, 0.1) is 10.1 Å². The number of rotatable bonds is 8. The van der Waals surface area contributed by atoms with Gasteiger partial charge in [-0.05, 0) is 36.4 Å². The Kier molecular flexibility index (Phi) is 7.21. The Morgan fingerprint density at radius 3 is 2.80 bits per heavy atom. The van der Waals surface area contributed by atoms with Crippen molar-refractivity contribution in [2.75, 3.05) is 12.4 Å². The highest BCUT2D eigenvalue weighted by atomic mass is 32.2. The fourth-order valence-corrected chi connectivity index (χ4v) is 4.12. The molecule has 2 N–H and O–H groups in total. The number of carbonyl (C=O) groups is 2. The van der Waals surface area contributed by atoms with E-state index in [0.29, 0.717) is 17.2 Å². The van der Waals surface area contributed by atoms with E-state index in [-0.39, 0.29) is 40.4 Å². The van der Waals surface area contributed by atoms with Crippen molar-refractivity contribution >= 4 is 46.3 Å². The van der Waals surface area contributed by atoms with Gasteiger partial charge in [-0.15, -0.1) is 5.10 Å². The van der Waals surface area contributed by atoms with Crippen molar-refractivity contribution in [3.05, 3.63) is 76.5 Å². The zero-order chi connectivity index (χ0) is 24.8. The van der Waals surface area contributed by atoms with Crippen molar-refractivity contribution in [2.45, 2.75) is 11.7 Å². The lowest BCUT2D eigenvalue weighted by Crippen LogP contribution is -2.28. The predicted molar refractivity (Wildman–Crippen MR) is 132 cm³/mol. The molecule has 3 aromatic rings. The van der Waals surface area contributed by atoms with Crippen LogP contribution in [0.25, 0.3) is 11.3 Å². The second-order valence-corrected chi connectivity index (χ2v) is 8.40. The van der Waals surface area contributed by atoms with Crippen molar-refractivity contribution in [1.82, 2.24) is 5.32 Å². The third kappa shape index (κ3) is 5.92. The Balaban J connectivity index is 1.38. The van der Waals surface area contributed by atoms with E-state index in [4.69, 9.17) is 9.15 Å². The molecule has 0 saturated carbocycles. The molecule has 1 fully saturated rings. The number of hydrogen-bond donors (Lipinski definition) is 2. The highest BCUT2D eigenvalue weighted by Crippen LogP contribution is 2.34. The van der Waals surface area contributed by atoms with E-state index in [9.17, 15) is 19.7 Å². The van der Waals surface area contributed by atoms with Crippen LogP contribution in [0.4, 0.5) is 11.4 Å². The van der Waals surface area contributed by atoms with E-state index in [1.165, 1.54) is 25.5 Å². The van der Waals surface area contributed by atoms with E-state index in [2.05, 4.69) is 20.8 Å². The summed E-state index contributed by atoms with van der Waals surface area (Å²) < 4.78 is 10.7. The van der Waals surface area contributed by atoms with Crippen LogP contribution in [-0.2, 0) is 9.59 Å². The molecule has 4 rings (SSSR count). The average Bonchev–Trinajstić information content (AvgIpc) is 3.45. The molecule has 1 atom stereocenters. The number of amidine groups is 1. The quantitative estimate of drug-likeness (QED) is 0.275. The van der Waals surface area contributed by atoms with Crippen LogP contribution >= 0.6 is 11.8 Å². The fraction of sp³-hybridized carbons (Fsp3) is 0.130. The highest BCUT2D eigenvalue weighted by Gasteiger charge is 2.32. The Labute approximate surface area is 203 Å². The standard InChI is InChI=1S/C23H19N5O6S/c1-33-15-7-9-17(18(11-15)28(31)32)19-10-8-16(34-19)13-24-27-23-26-22(30)20(35-23)12-21(29)25-14-5-3-2-4-6-14/h2-11,13,20H,12H2,1H3,(H,25,29)(H,26,27,30)/b24-13-/t20-/m1/s1. The van der Waals surface area contributed by atoms with Crippen LogP contribution in [0.15, 0.2) is 75.3 Å². The number of para-hydroxylation sites is 1. The van der Waals surface area contributed by atoms with Gasteiger partial charge in [0.25, 0.3) is 5.69 Å². The molecule has 35 heavy (non-hydrogen) atoms. The minimum atomic E-state index is -0.626. The Morgan fingerprint density at radius 1 is 1.26 bits per heavy atom. The lowest BCUT2D eigenvalue weighted by atomic mass is 10.1. The molecule has 178 valence electrons. The van der Waals surface area contributed by atoms with Crippen LogP contribution in [0.3, 0.4) is 0 Å². The molecule has 2 aromatic carbocycles. The van der Waals surface area contributed by atoms with E-state index < -0.39 is 10.2 Å². The minimum Gasteiger partial charge on any atom is -0.497 e. The number of ether oxygens (including phenoxy) is 1. The zero-order valence-electron chi connectivity index (χ0n) is 18.3. The summed E-state index contributed by atoms with van der Waals surface area (Å²) in [5, 5.41) is 24.2. The molecule has 1 aromatic heterocycles. The van der Waals surface area contributed by atoms with Crippen molar-refractivity contribution < 1.29 is 23.7 Å². The molecule has 11 nitrogen and oxygen atoms in total. The maximum Gasteiger partial charge on any atom is 0.284 e. The number of hydrogen-bond acceptors (Lipinski definition) is 9. The molecular formula is C23H19N5O6S. The normalized spacial score (nSPS) is 16.4. The Hall–Kier alpha value is -4.45. The molecule has 12 heteroatoms. The molecular weight excluding hydrogens is 474 g/mol. The largest absolute Gasteiger partial charge is 0.497 e. The monoisotopic (exact) mass is 493 g/mol. The molecule has 0 radical (unpaired) electrons. The van der Waals surface area contributed by atoms with Crippen LogP contribution in [0.1, 0.15) is 12.2 Å². The van der Waals surface area contributed by atoms with Gasteiger partial charge in [0.1, 0.15) is 22.5 Å². The first-order valence-corrected chi connectivity index (χ1v) is 11.2. The fourth-order valence-electron chi connectivity index (χ4n) is 3.19. The maximum atomic E-state index is 12.2. The smallest absolute Gasteiger partial charge is 0.284 e. The van der Waals surface area contributed by atoms with Gasteiger partial charge in [-0.2, -0.15) is 5.10 Å². The van der Waals surface area contributed by atoms with Gasteiger partial charge < -0.3 is 19.8 Å². The lowest BCUT2D eigenvalue weighted by molar-refractivity contribution is -0.384. The van der Waals surface area contributed by atoms with Gasteiger partial charge in [0.05, 0.1) is 29.9 Å². The number of nitro groups is 1.